The molecule has 1 saturated heterocycles. The molecule has 0 radical (unpaired) electrons. The Balaban J connectivity index is 1.61. The Labute approximate surface area is 214 Å². The van der Waals surface area contributed by atoms with Crippen LogP contribution in [-0.4, -0.2) is 42.4 Å². The number of ether oxygens (including phenoxy) is 2. The fourth-order valence-electron chi connectivity index (χ4n) is 3.85. The van der Waals surface area contributed by atoms with Gasteiger partial charge in [-0.25, -0.2) is 0 Å². The summed E-state index contributed by atoms with van der Waals surface area (Å²) in [7, 11) is 0. The molecule has 0 spiro atoms. The normalized spacial score (nSPS) is 14.4. The van der Waals surface area contributed by atoms with Crippen LogP contribution in [0.5, 0.6) is 5.75 Å². The number of nitrogens with zero attached hydrogens (tertiary/aromatic N) is 1. The maximum atomic E-state index is 12.2. The van der Waals surface area contributed by atoms with Gasteiger partial charge in [0.15, 0.2) is 0 Å². The van der Waals surface area contributed by atoms with Crippen LogP contribution in [0.3, 0.4) is 0 Å². The molecule has 1 fully saturated rings. The lowest BCUT2D eigenvalue weighted by atomic mass is 9.89. The maximum absolute atomic E-state index is 12.2. The number of hydrogen-bond donors (Lipinski definition) is 0. The number of aryl methyl sites for hydroxylation is 1. The summed E-state index contributed by atoms with van der Waals surface area (Å²) >= 11 is 18.6. The zero-order chi connectivity index (χ0) is 24.7. The maximum Gasteiger partial charge on any atom is 0.306 e. The molecule has 0 aliphatic carbocycles. The molecule has 9 heteroatoms. The average Bonchev–Trinajstić information content (AvgIpc) is 3.12. The van der Waals surface area contributed by atoms with Gasteiger partial charge < -0.3 is 9.47 Å². The number of imide groups is 1. The molecule has 1 unspecified atom stereocenters. The highest BCUT2D eigenvalue weighted by Crippen LogP contribution is 2.32. The van der Waals surface area contributed by atoms with E-state index in [1.165, 1.54) is 4.90 Å². The summed E-state index contributed by atoms with van der Waals surface area (Å²) in [5.74, 6) is -0.227. The van der Waals surface area contributed by atoms with E-state index < -0.39 is 0 Å². The van der Waals surface area contributed by atoms with Crippen molar-refractivity contribution in [2.45, 2.75) is 44.9 Å². The van der Waals surface area contributed by atoms with Gasteiger partial charge in [-0.1, -0.05) is 46.9 Å². The third kappa shape index (κ3) is 7.11. The second-order valence-electron chi connectivity index (χ2n) is 7.97. The Hall–Kier alpha value is -2.28. The number of likely N-dealkylation sites (tertiary alicyclic amines) is 1. The number of amides is 2. The number of carbonyl (C=O) groups excluding carboxylic acids is 3. The molecule has 1 heterocycles. The molecule has 0 aromatic heterocycles. The molecule has 182 valence electrons. The van der Waals surface area contributed by atoms with Gasteiger partial charge in [0.2, 0.25) is 11.8 Å². The summed E-state index contributed by atoms with van der Waals surface area (Å²) in [5.41, 5.74) is 1.90. The smallest absolute Gasteiger partial charge is 0.306 e. The van der Waals surface area contributed by atoms with Gasteiger partial charge in [-0.3, -0.25) is 19.3 Å². The minimum Gasteiger partial charge on any atom is -0.490 e. The van der Waals surface area contributed by atoms with Crippen molar-refractivity contribution in [3.05, 3.63) is 62.6 Å². The first-order valence-corrected chi connectivity index (χ1v) is 12.3. The van der Waals surface area contributed by atoms with E-state index in [2.05, 4.69) is 0 Å². The predicted octanol–water partition coefficient (Wildman–Crippen LogP) is 5.84. The molecule has 1 aliphatic rings. The monoisotopic (exact) mass is 525 g/mol. The molecule has 0 bridgehead atoms. The molecule has 2 aromatic rings. The van der Waals surface area contributed by atoms with E-state index in [0.29, 0.717) is 40.3 Å². The van der Waals surface area contributed by atoms with Crippen LogP contribution in [0.4, 0.5) is 0 Å². The molecule has 0 N–H and O–H groups in total. The van der Waals surface area contributed by atoms with E-state index in [1.54, 1.807) is 25.1 Å². The molecular weight excluding hydrogens is 501 g/mol. The van der Waals surface area contributed by atoms with Crippen LogP contribution in [0.25, 0.3) is 0 Å². The van der Waals surface area contributed by atoms with E-state index in [4.69, 9.17) is 44.3 Å². The molecule has 2 amide bonds. The zero-order valence-electron chi connectivity index (χ0n) is 18.8. The minimum absolute atomic E-state index is 0.0981. The van der Waals surface area contributed by atoms with Crippen molar-refractivity contribution in [2.75, 3.05) is 19.8 Å². The van der Waals surface area contributed by atoms with Crippen LogP contribution >= 0.6 is 34.8 Å². The first-order valence-electron chi connectivity index (χ1n) is 11.1. The number of esters is 1. The zero-order valence-corrected chi connectivity index (χ0v) is 21.1. The highest BCUT2D eigenvalue weighted by molar-refractivity contribution is 6.42. The average molecular weight is 527 g/mol. The van der Waals surface area contributed by atoms with Gasteiger partial charge in [0.25, 0.3) is 0 Å². The lowest BCUT2D eigenvalue weighted by Gasteiger charge is -2.18. The number of rotatable bonds is 11. The molecule has 34 heavy (non-hydrogen) atoms. The number of carbonyl (C=O) groups is 3. The molecule has 1 aliphatic heterocycles. The summed E-state index contributed by atoms with van der Waals surface area (Å²) < 4.78 is 10.8. The molecule has 1 atom stereocenters. The Morgan fingerprint density at radius 3 is 2.38 bits per heavy atom. The second-order valence-corrected chi connectivity index (χ2v) is 9.19. The molecule has 0 saturated carbocycles. The predicted molar refractivity (Wildman–Crippen MR) is 132 cm³/mol. The second kappa shape index (κ2) is 12.4. The Morgan fingerprint density at radius 1 is 1.00 bits per heavy atom. The fourth-order valence-corrected chi connectivity index (χ4v) is 4.42. The van der Waals surface area contributed by atoms with Crippen molar-refractivity contribution < 1.29 is 23.9 Å². The van der Waals surface area contributed by atoms with Crippen molar-refractivity contribution in [3.63, 3.8) is 0 Å². The Bertz CT molecular complexity index is 1040. The van der Waals surface area contributed by atoms with E-state index in [0.717, 1.165) is 11.1 Å². The van der Waals surface area contributed by atoms with Crippen molar-refractivity contribution in [1.29, 1.82) is 0 Å². The van der Waals surface area contributed by atoms with Crippen LogP contribution in [-0.2, 0) is 25.5 Å². The third-order valence-corrected chi connectivity index (χ3v) is 6.67. The van der Waals surface area contributed by atoms with E-state index in [1.807, 2.05) is 18.2 Å². The summed E-state index contributed by atoms with van der Waals surface area (Å²) in [4.78, 5) is 36.8. The molecule has 3 rings (SSSR count). The minimum atomic E-state index is -0.268. The molecule has 2 aromatic carbocycles. The summed E-state index contributed by atoms with van der Waals surface area (Å²) in [6.45, 7) is 2.48. The summed E-state index contributed by atoms with van der Waals surface area (Å²) in [5, 5.41) is 1.34. The first-order chi connectivity index (χ1) is 16.3. The van der Waals surface area contributed by atoms with Crippen LogP contribution in [0.1, 0.15) is 49.7 Å². The highest BCUT2D eigenvalue weighted by Gasteiger charge is 2.28. The van der Waals surface area contributed by atoms with Crippen molar-refractivity contribution in [3.8, 4) is 5.75 Å². The first kappa shape index (κ1) is 26.3. The number of benzene rings is 2. The van der Waals surface area contributed by atoms with Crippen molar-refractivity contribution in [2.24, 2.45) is 0 Å². The topological polar surface area (TPSA) is 72.9 Å². The fraction of sp³-hybridized carbons (Fsp3) is 0.400. The van der Waals surface area contributed by atoms with Gasteiger partial charge in [0.05, 0.1) is 34.6 Å². The van der Waals surface area contributed by atoms with Gasteiger partial charge in [-0.15, -0.1) is 0 Å². The van der Waals surface area contributed by atoms with Crippen LogP contribution in [0.15, 0.2) is 36.4 Å². The third-order valence-electron chi connectivity index (χ3n) is 5.64. The number of halogens is 3. The van der Waals surface area contributed by atoms with Gasteiger partial charge in [-0.2, -0.15) is 0 Å². The lowest BCUT2D eigenvalue weighted by Crippen LogP contribution is -2.33. The summed E-state index contributed by atoms with van der Waals surface area (Å²) in [6, 6.07) is 10.9. The van der Waals surface area contributed by atoms with Crippen molar-refractivity contribution in [1.82, 2.24) is 4.90 Å². The Kier molecular flexibility index (Phi) is 9.63. The van der Waals surface area contributed by atoms with Gasteiger partial charge in [0.1, 0.15) is 12.4 Å². The Morgan fingerprint density at radius 2 is 1.74 bits per heavy atom. The summed E-state index contributed by atoms with van der Waals surface area (Å²) in [6.07, 6.45) is 2.09. The van der Waals surface area contributed by atoms with Crippen LogP contribution < -0.4 is 4.74 Å². The standard InChI is InChI=1S/C25H26Cl3NO5/c1-2-33-25(32)15-18(17-6-7-19(26)20(27)14-17)5-3-16-4-8-22(21(28)13-16)34-12-11-29-23(30)9-10-24(29)31/h4,6-8,13-14,18H,2-3,5,9-12,15H2,1H3. The largest absolute Gasteiger partial charge is 0.490 e. The van der Waals surface area contributed by atoms with Gasteiger partial charge in [0, 0.05) is 12.8 Å². The van der Waals surface area contributed by atoms with Crippen molar-refractivity contribution >= 4 is 52.6 Å². The quantitative estimate of drug-likeness (QED) is 0.271. The lowest BCUT2D eigenvalue weighted by molar-refractivity contribution is -0.143. The number of hydrogen-bond acceptors (Lipinski definition) is 5. The van der Waals surface area contributed by atoms with E-state index >= 15 is 0 Å². The van der Waals surface area contributed by atoms with Crippen LogP contribution in [0, 0.1) is 0 Å². The van der Waals surface area contributed by atoms with Gasteiger partial charge >= 0.3 is 5.97 Å². The van der Waals surface area contributed by atoms with Gasteiger partial charge in [-0.05, 0) is 61.1 Å². The molecule has 6 nitrogen and oxygen atoms in total. The molecular formula is C25H26Cl3NO5. The SMILES string of the molecule is CCOC(=O)CC(CCc1ccc(OCCN2C(=O)CCC2=O)c(Cl)c1)c1ccc(Cl)c(Cl)c1. The van der Waals surface area contributed by atoms with E-state index in [9.17, 15) is 14.4 Å². The highest BCUT2D eigenvalue weighted by atomic mass is 35.5. The van der Waals surface area contributed by atoms with E-state index in [-0.39, 0.29) is 56.1 Å². The van der Waals surface area contributed by atoms with Crippen LogP contribution in [0.2, 0.25) is 15.1 Å².